The molecule has 1 fully saturated rings. The van der Waals surface area contributed by atoms with E-state index in [0.717, 1.165) is 48.9 Å². The van der Waals surface area contributed by atoms with E-state index in [2.05, 4.69) is 22.1 Å². The molecule has 21 heavy (non-hydrogen) atoms. The van der Waals surface area contributed by atoms with Crippen molar-refractivity contribution in [3.63, 3.8) is 0 Å². The highest BCUT2D eigenvalue weighted by Crippen LogP contribution is 2.26. The Kier molecular flexibility index (Phi) is 4.34. The summed E-state index contributed by atoms with van der Waals surface area (Å²) >= 11 is 1.65. The van der Waals surface area contributed by atoms with Crippen LogP contribution in [0.25, 0.3) is 0 Å². The van der Waals surface area contributed by atoms with Gasteiger partial charge in [0, 0.05) is 30.3 Å². The molecule has 0 spiro atoms. The van der Waals surface area contributed by atoms with Crippen molar-refractivity contribution in [3.05, 3.63) is 34.0 Å². The maximum Gasteiger partial charge on any atom is 0.227 e. The molecule has 0 unspecified atom stereocenters. The van der Waals surface area contributed by atoms with E-state index in [9.17, 15) is 4.79 Å². The Bertz CT molecular complexity index is 585. The Labute approximate surface area is 128 Å². The van der Waals surface area contributed by atoms with Gasteiger partial charge >= 0.3 is 0 Å². The summed E-state index contributed by atoms with van der Waals surface area (Å²) in [7, 11) is 0. The van der Waals surface area contributed by atoms with Crippen LogP contribution in [0.5, 0.6) is 0 Å². The van der Waals surface area contributed by atoms with Crippen molar-refractivity contribution < 1.29 is 4.79 Å². The number of aromatic amines is 1. The summed E-state index contributed by atoms with van der Waals surface area (Å²) in [5, 5.41) is 9.30. The summed E-state index contributed by atoms with van der Waals surface area (Å²) in [6.45, 7) is 3.69. The van der Waals surface area contributed by atoms with E-state index in [1.807, 2.05) is 22.4 Å². The quantitative estimate of drug-likeness (QED) is 0.943. The lowest BCUT2D eigenvalue weighted by Gasteiger charge is -2.30. The minimum Gasteiger partial charge on any atom is -0.342 e. The highest BCUT2D eigenvalue weighted by molar-refractivity contribution is 7.10. The molecule has 3 heterocycles. The van der Waals surface area contributed by atoms with Crippen LogP contribution in [-0.4, -0.2) is 39.1 Å². The van der Waals surface area contributed by atoms with Crippen LogP contribution < -0.4 is 0 Å². The molecule has 3 rings (SSSR count). The van der Waals surface area contributed by atoms with E-state index < -0.39 is 0 Å². The van der Waals surface area contributed by atoms with E-state index in [-0.39, 0.29) is 5.91 Å². The number of thiophene rings is 1. The summed E-state index contributed by atoms with van der Waals surface area (Å²) in [5.41, 5.74) is 0. The zero-order valence-electron chi connectivity index (χ0n) is 12.2. The molecule has 0 atom stereocenters. The van der Waals surface area contributed by atoms with Crippen molar-refractivity contribution in [1.29, 1.82) is 0 Å². The fourth-order valence-electron chi connectivity index (χ4n) is 2.71. The molecule has 0 aromatic carbocycles. The number of hydrogen-bond acceptors (Lipinski definition) is 4. The third-order valence-corrected chi connectivity index (χ3v) is 4.88. The Morgan fingerprint density at radius 1 is 1.48 bits per heavy atom. The molecule has 0 radical (unpaired) electrons. The number of nitrogens with zero attached hydrogens (tertiary/aromatic N) is 3. The second kappa shape index (κ2) is 6.39. The van der Waals surface area contributed by atoms with Gasteiger partial charge < -0.3 is 4.90 Å². The van der Waals surface area contributed by atoms with Gasteiger partial charge in [-0.1, -0.05) is 13.0 Å². The van der Waals surface area contributed by atoms with Crippen LogP contribution in [0.2, 0.25) is 0 Å². The molecule has 0 bridgehead atoms. The molecule has 5 nitrogen and oxygen atoms in total. The second-order valence-corrected chi connectivity index (χ2v) is 6.44. The first kappa shape index (κ1) is 14.3. The summed E-state index contributed by atoms with van der Waals surface area (Å²) in [6.07, 6.45) is 3.32. The number of aryl methyl sites for hydroxylation is 1. The van der Waals surface area contributed by atoms with Crippen LogP contribution in [0.1, 0.15) is 42.2 Å². The van der Waals surface area contributed by atoms with E-state index in [1.54, 1.807) is 11.3 Å². The van der Waals surface area contributed by atoms with Crippen molar-refractivity contribution in [2.75, 3.05) is 13.1 Å². The summed E-state index contributed by atoms with van der Waals surface area (Å²) in [4.78, 5) is 19.9. The molecule has 1 aliphatic rings. The van der Waals surface area contributed by atoms with E-state index in [4.69, 9.17) is 0 Å². The number of carbonyl (C=O) groups is 1. The van der Waals surface area contributed by atoms with Crippen molar-refractivity contribution in [1.82, 2.24) is 20.1 Å². The van der Waals surface area contributed by atoms with Gasteiger partial charge in [0.05, 0.1) is 6.42 Å². The second-order valence-electron chi connectivity index (χ2n) is 5.41. The first-order valence-electron chi connectivity index (χ1n) is 7.47. The van der Waals surface area contributed by atoms with Crippen molar-refractivity contribution in [3.8, 4) is 0 Å². The predicted molar refractivity (Wildman–Crippen MR) is 82.3 cm³/mol. The molecular weight excluding hydrogens is 284 g/mol. The number of aromatic nitrogens is 3. The van der Waals surface area contributed by atoms with Gasteiger partial charge in [-0.15, -0.1) is 11.3 Å². The molecule has 0 aliphatic carbocycles. The van der Waals surface area contributed by atoms with Crippen LogP contribution in [0.3, 0.4) is 0 Å². The number of piperidine rings is 1. The number of likely N-dealkylation sites (tertiary alicyclic amines) is 1. The lowest BCUT2D eigenvalue weighted by Crippen LogP contribution is -2.38. The topological polar surface area (TPSA) is 61.9 Å². The highest BCUT2D eigenvalue weighted by atomic mass is 32.1. The normalized spacial score (nSPS) is 16.3. The summed E-state index contributed by atoms with van der Waals surface area (Å²) < 4.78 is 0. The average Bonchev–Trinajstić information content (AvgIpc) is 3.18. The first-order chi connectivity index (χ1) is 10.3. The molecule has 1 saturated heterocycles. The molecule has 2 aromatic rings. The zero-order chi connectivity index (χ0) is 14.7. The number of hydrogen-bond donors (Lipinski definition) is 1. The fourth-order valence-corrected chi connectivity index (χ4v) is 3.41. The average molecular weight is 304 g/mol. The van der Waals surface area contributed by atoms with Gasteiger partial charge in [-0.3, -0.25) is 9.89 Å². The fraction of sp³-hybridized carbons (Fsp3) is 0.533. The molecule has 2 aromatic heterocycles. The van der Waals surface area contributed by atoms with Crippen LogP contribution in [-0.2, 0) is 17.6 Å². The third kappa shape index (κ3) is 3.32. The molecule has 1 N–H and O–H groups in total. The standard InChI is InChI=1S/C15H20N4OS/c1-2-13-16-15(18-17-13)11-5-7-19(8-6-11)14(20)10-12-4-3-9-21-12/h3-4,9,11H,2,5-8,10H2,1H3,(H,16,17,18). The molecular formula is C15H20N4OS. The van der Waals surface area contributed by atoms with Crippen LogP contribution in [0.4, 0.5) is 0 Å². The number of carbonyl (C=O) groups excluding carboxylic acids is 1. The zero-order valence-corrected chi connectivity index (χ0v) is 13.0. The maximum absolute atomic E-state index is 12.3. The molecule has 6 heteroatoms. The van der Waals surface area contributed by atoms with Crippen molar-refractivity contribution in [2.45, 2.75) is 38.5 Å². The monoisotopic (exact) mass is 304 g/mol. The number of amides is 1. The Hall–Kier alpha value is -1.69. The summed E-state index contributed by atoms with van der Waals surface area (Å²) in [6, 6.07) is 4.02. The number of H-pyrrole nitrogens is 1. The molecule has 0 saturated carbocycles. The van der Waals surface area contributed by atoms with Gasteiger partial charge in [-0.2, -0.15) is 5.10 Å². The minimum absolute atomic E-state index is 0.236. The maximum atomic E-state index is 12.3. The number of rotatable bonds is 4. The minimum atomic E-state index is 0.236. The highest BCUT2D eigenvalue weighted by Gasteiger charge is 2.26. The van der Waals surface area contributed by atoms with E-state index >= 15 is 0 Å². The molecule has 1 amide bonds. The number of nitrogens with one attached hydrogen (secondary N) is 1. The third-order valence-electron chi connectivity index (χ3n) is 4.00. The van der Waals surface area contributed by atoms with Crippen LogP contribution in [0, 0.1) is 0 Å². The van der Waals surface area contributed by atoms with Gasteiger partial charge in [0.15, 0.2) is 5.82 Å². The van der Waals surface area contributed by atoms with Gasteiger partial charge in [0.2, 0.25) is 5.91 Å². The lowest BCUT2D eigenvalue weighted by molar-refractivity contribution is -0.131. The van der Waals surface area contributed by atoms with Gasteiger partial charge in [-0.25, -0.2) is 4.98 Å². The van der Waals surface area contributed by atoms with Crippen molar-refractivity contribution >= 4 is 17.2 Å². The lowest BCUT2D eigenvalue weighted by atomic mass is 9.96. The van der Waals surface area contributed by atoms with Crippen LogP contribution >= 0.6 is 11.3 Å². The Morgan fingerprint density at radius 3 is 2.90 bits per heavy atom. The van der Waals surface area contributed by atoms with Gasteiger partial charge in [0.1, 0.15) is 5.82 Å². The smallest absolute Gasteiger partial charge is 0.227 e. The van der Waals surface area contributed by atoms with E-state index in [0.29, 0.717) is 12.3 Å². The summed E-state index contributed by atoms with van der Waals surface area (Å²) in [5.74, 6) is 2.48. The molecule has 112 valence electrons. The van der Waals surface area contributed by atoms with Crippen LogP contribution in [0.15, 0.2) is 17.5 Å². The largest absolute Gasteiger partial charge is 0.342 e. The Balaban J connectivity index is 1.53. The molecule has 1 aliphatic heterocycles. The van der Waals surface area contributed by atoms with E-state index in [1.165, 1.54) is 0 Å². The van der Waals surface area contributed by atoms with Gasteiger partial charge in [0.25, 0.3) is 0 Å². The Morgan fingerprint density at radius 2 is 2.29 bits per heavy atom. The van der Waals surface area contributed by atoms with Crippen molar-refractivity contribution in [2.24, 2.45) is 0 Å². The predicted octanol–water partition coefficient (Wildman–Crippen LogP) is 2.38. The SMILES string of the molecule is CCc1nc(C2CCN(C(=O)Cc3cccs3)CC2)n[nH]1. The van der Waals surface area contributed by atoms with Gasteiger partial charge in [-0.05, 0) is 24.3 Å². The first-order valence-corrected chi connectivity index (χ1v) is 8.35.